The van der Waals surface area contributed by atoms with Crippen molar-refractivity contribution in [3.63, 3.8) is 0 Å². The molecule has 2 amide bonds. The standard InChI is InChI=1S/C22H21N3O5S/c1-15-7-3-4-8-18(15)22(27)24-23-21(26)16-11-13-17(14-12-16)31(28,29)25-19-9-5-6-10-20(19)30-2/h3-14,25H,1-2H3,(H,23,26)(H,24,27). The van der Waals surface area contributed by atoms with Crippen molar-refractivity contribution in [3.05, 3.63) is 89.5 Å². The van der Waals surface area contributed by atoms with E-state index >= 15 is 0 Å². The van der Waals surface area contributed by atoms with Gasteiger partial charge in [0.05, 0.1) is 17.7 Å². The Kier molecular flexibility index (Phi) is 6.56. The molecular formula is C22H21N3O5S. The lowest BCUT2D eigenvalue weighted by Gasteiger charge is -2.12. The molecular weight excluding hydrogens is 418 g/mol. The lowest BCUT2D eigenvalue weighted by atomic mass is 10.1. The van der Waals surface area contributed by atoms with Crippen LogP contribution in [-0.2, 0) is 10.0 Å². The number of aryl methyl sites for hydroxylation is 1. The minimum Gasteiger partial charge on any atom is -0.495 e. The summed E-state index contributed by atoms with van der Waals surface area (Å²) in [6.07, 6.45) is 0. The third-order valence-electron chi connectivity index (χ3n) is 4.46. The zero-order valence-corrected chi connectivity index (χ0v) is 17.7. The van der Waals surface area contributed by atoms with Gasteiger partial charge < -0.3 is 4.74 Å². The molecule has 0 unspecified atom stereocenters. The molecule has 0 aliphatic rings. The fourth-order valence-electron chi connectivity index (χ4n) is 2.80. The minimum atomic E-state index is -3.89. The first-order chi connectivity index (χ1) is 14.8. The summed E-state index contributed by atoms with van der Waals surface area (Å²) in [7, 11) is -2.44. The highest BCUT2D eigenvalue weighted by molar-refractivity contribution is 7.92. The van der Waals surface area contributed by atoms with Gasteiger partial charge in [-0.1, -0.05) is 30.3 Å². The van der Waals surface area contributed by atoms with Crippen molar-refractivity contribution in [3.8, 4) is 5.75 Å². The second-order valence-corrected chi connectivity index (χ2v) is 8.24. The number of para-hydroxylation sites is 2. The summed E-state index contributed by atoms with van der Waals surface area (Å²) in [6, 6.07) is 18.9. The van der Waals surface area contributed by atoms with Crippen LogP contribution < -0.4 is 20.3 Å². The lowest BCUT2D eigenvalue weighted by molar-refractivity contribution is 0.0846. The molecule has 3 rings (SSSR count). The topological polar surface area (TPSA) is 114 Å². The molecule has 9 heteroatoms. The van der Waals surface area contributed by atoms with Gasteiger partial charge in [0.2, 0.25) is 0 Å². The predicted molar refractivity (Wildman–Crippen MR) is 116 cm³/mol. The number of benzene rings is 3. The molecule has 0 fully saturated rings. The number of hydrogen-bond donors (Lipinski definition) is 3. The number of amides is 2. The molecule has 0 bridgehead atoms. The third kappa shape index (κ3) is 5.20. The number of anilines is 1. The molecule has 8 nitrogen and oxygen atoms in total. The second-order valence-electron chi connectivity index (χ2n) is 6.55. The molecule has 160 valence electrons. The third-order valence-corrected chi connectivity index (χ3v) is 5.84. The molecule has 3 N–H and O–H groups in total. The van der Waals surface area contributed by atoms with E-state index in [0.717, 1.165) is 5.56 Å². The van der Waals surface area contributed by atoms with Crippen molar-refractivity contribution in [2.24, 2.45) is 0 Å². The summed E-state index contributed by atoms with van der Waals surface area (Å²) in [5.74, 6) is -0.651. The van der Waals surface area contributed by atoms with Crippen molar-refractivity contribution < 1.29 is 22.7 Å². The van der Waals surface area contributed by atoms with Crippen LogP contribution in [0, 0.1) is 6.92 Å². The fraction of sp³-hybridized carbons (Fsp3) is 0.0909. The molecule has 0 saturated heterocycles. The summed E-state index contributed by atoms with van der Waals surface area (Å²) >= 11 is 0. The minimum absolute atomic E-state index is 0.0288. The van der Waals surface area contributed by atoms with Crippen LogP contribution in [0.4, 0.5) is 5.69 Å². The van der Waals surface area contributed by atoms with Gasteiger partial charge in [-0.3, -0.25) is 25.2 Å². The van der Waals surface area contributed by atoms with Gasteiger partial charge in [-0.25, -0.2) is 8.42 Å². The smallest absolute Gasteiger partial charge is 0.269 e. The summed E-state index contributed by atoms with van der Waals surface area (Å²) in [4.78, 5) is 24.5. The number of nitrogens with one attached hydrogen (secondary N) is 3. The molecule has 0 aromatic heterocycles. The number of ether oxygens (including phenoxy) is 1. The number of hydrazine groups is 1. The Hall–Kier alpha value is -3.85. The van der Waals surface area contributed by atoms with E-state index in [0.29, 0.717) is 17.0 Å². The van der Waals surface area contributed by atoms with Crippen LogP contribution in [0.25, 0.3) is 0 Å². The van der Waals surface area contributed by atoms with Gasteiger partial charge >= 0.3 is 0 Å². The van der Waals surface area contributed by atoms with E-state index in [1.807, 2.05) is 6.07 Å². The largest absolute Gasteiger partial charge is 0.495 e. The average molecular weight is 439 g/mol. The van der Waals surface area contributed by atoms with Crippen molar-refractivity contribution in [2.75, 3.05) is 11.8 Å². The van der Waals surface area contributed by atoms with Crippen LogP contribution >= 0.6 is 0 Å². The zero-order chi connectivity index (χ0) is 22.4. The van der Waals surface area contributed by atoms with E-state index in [4.69, 9.17) is 4.74 Å². The Bertz CT molecular complexity index is 1210. The van der Waals surface area contributed by atoms with Gasteiger partial charge in [-0.05, 0) is 55.0 Å². The van der Waals surface area contributed by atoms with Gasteiger partial charge in [0.1, 0.15) is 5.75 Å². The first-order valence-corrected chi connectivity index (χ1v) is 10.7. The maximum absolute atomic E-state index is 12.6. The maximum atomic E-state index is 12.6. The number of sulfonamides is 1. The monoisotopic (exact) mass is 439 g/mol. The van der Waals surface area contributed by atoms with Gasteiger partial charge in [0.25, 0.3) is 21.8 Å². The Balaban J connectivity index is 1.67. The molecule has 31 heavy (non-hydrogen) atoms. The van der Waals surface area contributed by atoms with Crippen LogP contribution in [0.3, 0.4) is 0 Å². The first kappa shape index (κ1) is 21.8. The van der Waals surface area contributed by atoms with Crippen LogP contribution in [0.2, 0.25) is 0 Å². The quantitative estimate of drug-likeness (QED) is 0.511. The van der Waals surface area contributed by atoms with Crippen LogP contribution in [0.5, 0.6) is 5.75 Å². The highest BCUT2D eigenvalue weighted by Crippen LogP contribution is 2.26. The van der Waals surface area contributed by atoms with Crippen LogP contribution in [-0.4, -0.2) is 27.3 Å². The van der Waals surface area contributed by atoms with Crippen molar-refractivity contribution >= 4 is 27.5 Å². The van der Waals surface area contributed by atoms with Gasteiger partial charge in [-0.15, -0.1) is 0 Å². The van der Waals surface area contributed by atoms with Crippen LogP contribution in [0.1, 0.15) is 26.3 Å². The number of carbonyl (C=O) groups excluding carboxylic acids is 2. The van der Waals surface area contributed by atoms with E-state index < -0.39 is 21.8 Å². The van der Waals surface area contributed by atoms with E-state index in [1.54, 1.807) is 49.4 Å². The van der Waals surface area contributed by atoms with Gasteiger partial charge in [0, 0.05) is 11.1 Å². The summed E-state index contributed by atoms with van der Waals surface area (Å²) < 4.78 is 32.9. The van der Waals surface area contributed by atoms with Crippen molar-refractivity contribution in [1.82, 2.24) is 10.9 Å². The lowest BCUT2D eigenvalue weighted by Crippen LogP contribution is -2.41. The SMILES string of the molecule is COc1ccccc1NS(=O)(=O)c1ccc(C(=O)NNC(=O)c2ccccc2C)cc1. The fourth-order valence-corrected chi connectivity index (χ4v) is 3.87. The predicted octanol–water partition coefficient (Wildman–Crippen LogP) is 2.88. The molecule has 0 aliphatic carbocycles. The number of rotatable bonds is 6. The Morgan fingerprint density at radius 3 is 2.10 bits per heavy atom. The average Bonchev–Trinajstić information content (AvgIpc) is 2.77. The summed E-state index contributed by atoms with van der Waals surface area (Å²) in [5.41, 5.74) is 6.35. The Labute approximate surface area is 180 Å². The molecule has 0 atom stereocenters. The van der Waals surface area contributed by atoms with Crippen molar-refractivity contribution in [1.29, 1.82) is 0 Å². The number of methoxy groups -OCH3 is 1. The van der Waals surface area contributed by atoms with Gasteiger partial charge in [-0.2, -0.15) is 0 Å². The maximum Gasteiger partial charge on any atom is 0.269 e. The summed E-state index contributed by atoms with van der Waals surface area (Å²) in [5, 5.41) is 0. The van der Waals surface area contributed by atoms with E-state index in [9.17, 15) is 18.0 Å². The highest BCUT2D eigenvalue weighted by atomic mass is 32.2. The molecule has 0 spiro atoms. The molecule has 0 saturated carbocycles. The van der Waals surface area contributed by atoms with Crippen molar-refractivity contribution in [2.45, 2.75) is 11.8 Å². The first-order valence-electron chi connectivity index (χ1n) is 9.24. The van der Waals surface area contributed by atoms with Crippen LogP contribution in [0.15, 0.2) is 77.7 Å². The Morgan fingerprint density at radius 1 is 0.806 bits per heavy atom. The Morgan fingerprint density at radius 2 is 1.42 bits per heavy atom. The van der Waals surface area contributed by atoms with E-state index in [1.165, 1.54) is 31.4 Å². The normalized spacial score (nSPS) is 10.8. The molecule has 0 heterocycles. The number of hydrogen-bond acceptors (Lipinski definition) is 5. The molecule has 0 radical (unpaired) electrons. The zero-order valence-electron chi connectivity index (χ0n) is 16.9. The molecule has 3 aromatic carbocycles. The summed E-state index contributed by atoms with van der Waals surface area (Å²) in [6.45, 7) is 1.79. The van der Waals surface area contributed by atoms with E-state index in [-0.39, 0.29) is 10.5 Å². The molecule has 3 aromatic rings. The molecule has 0 aliphatic heterocycles. The van der Waals surface area contributed by atoms with E-state index in [2.05, 4.69) is 15.6 Å². The highest BCUT2D eigenvalue weighted by Gasteiger charge is 2.17. The number of carbonyl (C=O) groups is 2. The second kappa shape index (κ2) is 9.31. The van der Waals surface area contributed by atoms with Gasteiger partial charge in [0.15, 0.2) is 0 Å².